The van der Waals surface area contributed by atoms with E-state index in [4.69, 9.17) is 5.11 Å². The van der Waals surface area contributed by atoms with Gasteiger partial charge in [0.15, 0.2) is 0 Å². The van der Waals surface area contributed by atoms with Gasteiger partial charge in [-0.15, -0.1) is 0 Å². The second-order valence-electron chi connectivity index (χ2n) is 5.30. The van der Waals surface area contributed by atoms with Gasteiger partial charge in [0.1, 0.15) is 6.61 Å². The van der Waals surface area contributed by atoms with Crippen LogP contribution in [-0.2, 0) is 4.79 Å². The quantitative estimate of drug-likeness (QED) is 0.830. The van der Waals surface area contributed by atoms with Crippen LogP contribution in [0.5, 0.6) is 0 Å². The molecular weight excluding hydrogens is 250 g/mol. The van der Waals surface area contributed by atoms with Crippen LogP contribution in [0.3, 0.4) is 0 Å². The van der Waals surface area contributed by atoms with Crippen molar-refractivity contribution >= 4 is 11.6 Å². The Kier molecular flexibility index (Phi) is 5.64. The van der Waals surface area contributed by atoms with Crippen LogP contribution >= 0.6 is 0 Å². The average molecular weight is 271 g/mol. The Balaban J connectivity index is 1.90. The van der Waals surface area contributed by atoms with Crippen molar-refractivity contribution in [3.05, 3.63) is 29.8 Å². The molecule has 1 aliphatic carbocycles. The fourth-order valence-corrected chi connectivity index (χ4v) is 2.68. The minimum atomic E-state index is -0.154. The van der Waals surface area contributed by atoms with Gasteiger partial charge >= 0.3 is 0 Å². The molecule has 0 atom stereocenters. The van der Waals surface area contributed by atoms with E-state index in [2.05, 4.69) is 17.2 Å². The van der Waals surface area contributed by atoms with E-state index in [1.54, 1.807) is 0 Å². The fourth-order valence-electron chi connectivity index (χ4n) is 2.68. The van der Waals surface area contributed by atoms with Crippen LogP contribution < -0.4 is 5.32 Å². The Hall–Kier alpha value is -1.79. The van der Waals surface area contributed by atoms with E-state index >= 15 is 0 Å². The first kappa shape index (κ1) is 14.6. The zero-order valence-corrected chi connectivity index (χ0v) is 11.7. The SMILES string of the molecule is O=C(CC1CCCCC1)Nc1cccc(C#CCO)c1. The molecule has 0 spiro atoms. The first-order valence-electron chi connectivity index (χ1n) is 7.27. The highest BCUT2D eigenvalue weighted by Gasteiger charge is 2.16. The molecule has 1 aliphatic rings. The molecule has 20 heavy (non-hydrogen) atoms. The highest BCUT2D eigenvalue weighted by atomic mass is 16.2. The van der Waals surface area contributed by atoms with Crippen molar-refractivity contribution in [2.75, 3.05) is 11.9 Å². The van der Waals surface area contributed by atoms with Gasteiger partial charge < -0.3 is 10.4 Å². The summed E-state index contributed by atoms with van der Waals surface area (Å²) in [5, 5.41) is 11.6. The molecule has 1 saturated carbocycles. The highest BCUT2D eigenvalue weighted by molar-refractivity contribution is 5.91. The number of amides is 1. The lowest BCUT2D eigenvalue weighted by Crippen LogP contribution is -2.18. The zero-order valence-electron chi connectivity index (χ0n) is 11.7. The van der Waals surface area contributed by atoms with Crippen LogP contribution in [-0.4, -0.2) is 17.6 Å². The summed E-state index contributed by atoms with van der Waals surface area (Å²) in [6.07, 6.45) is 6.79. The van der Waals surface area contributed by atoms with Crippen molar-refractivity contribution in [1.82, 2.24) is 0 Å². The molecule has 106 valence electrons. The Bertz CT molecular complexity index is 507. The van der Waals surface area contributed by atoms with Crippen LogP contribution in [0.1, 0.15) is 44.1 Å². The van der Waals surface area contributed by atoms with E-state index < -0.39 is 0 Å². The van der Waals surface area contributed by atoms with Gasteiger partial charge in [-0.1, -0.05) is 37.2 Å². The van der Waals surface area contributed by atoms with Gasteiger partial charge in [-0.3, -0.25) is 4.79 Å². The maximum atomic E-state index is 12.0. The molecule has 1 fully saturated rings. The van der Waals surface area contributed by atoms with E-state index in [0.29, 0.717) is 12.3 Å². The second kappa shape index (κ2) is 7.72. The van der Waals surface area contributed by atoms with Crippen molar-refractivity contribution in [3.63, 3.8) is 0 Å². The Morgan fingerprint density at radius 1 is 1.30 bits per heavy atom. The standard InChI is InChI=1S/C17H21NO2/c19-11-5-9-14-8-4-10-16(12-14)18-17(20)13-15-6-2-1-3-7-15/h4,8,10,12,15,19H,1-3,6-7,11,13H2,(H,18,20). The molecule has 1 aromatic rings. The normalized spacial score (nSPS) is 15.2. The Labute approximate surface area is 120 Å². The van der Waals surface area contributed by atoms with Crippen molar-refractivity contribution in [1.29, 1.82) is 0 Å². The van der Waals surface area contributed by atoms with E-state index in [9.17, 15) is 4.79 Å². The second-order valence-corrected chi connectivity index (χ2v) is 5.30. The highest BCUT2D eigenvalue weighted by Crippen LogP contribution is 2.26. The molecule has 0 aliphatic heterocycles. The zero-order chi connectivity index (χ0) is 14.2. The molecule has 0 bridgehead atoms. The predicted molar refractivity (Wildman–Crippen MR) is 80.2 cm³/mol. The Morgan fingerprint density at radius 3 is 2.85 bits per heavy atom. The summed E-state index contributed by atoms with van der Waals surface area (Å²) in [5.41, 5.74) is 1.57. The van der Waals surface area contributed by atoms with Gasteiger partial charge in [0, 0.05) is 17.7 Å². The predicted octanol–water partition coefficient (Wildman–Crippen LogP) is 2.94. The molecule has 0 saturated heterocycles. The molecule has 3 nitrogen and oxygen atoms in total. The van der Waals surface area contributed by atoms with E-state index in [0.717, 1.165) is 11.3 Å². The number of aliphatic hydroxyl groups excluding tert-OH is 1. The number of benzene rings is 1. The topological polar surface area (TPSA) is 49.3 Å². The lowest BCUT2D eigenvalue weighted by atomic mass is 9.87. The van der Waals surface area contributed by atoms with Gasteiger partial charge in [-0.2, -0.15) is 0 Å². The first-order chi connectivity index (χ1) is 9.78. The van der Waals surface area contributed by atoms with Crippen LogP contribution in [0.2, 0.25) is 0 Å². The summed E-state index contributed by atoms with van der Waals surface area (Å²) in [7, 11) is 0. The van der Waals surface area contributed by atoms with Gasteiger partial charge in [0.05, 0.1) is 0 Å². The van der Waals surface area contributed by atoms with E-state index in [1.807, 2.05) is 24.3 Å². The first-order valence-corrected chi connectivity index (χ1v) is 7.27. The smallest absolute Gasteiger partial charge is 0.224 e. The number of nitrogens with one attached hydrogen (secondary N) is 1. The monoisotopic (exact) mass is 271 g/mol. The number of hydrogen-bond acceptors (Lipinski definition) is 2. The summed E-state index contributed by atoms with van der Waals surface area (Å²) in [6, 6.07) is 7.42. The lowest BCUT2D eigenvalue weighted by molar-refractivity contribution is -0.117. The van der Waals surface area contributed by atoms with E-state index in [1.165, 1.54) is 32.1 Å². The minimum absolute atomic E-state index is 0.0872. The van der Waals surface area contributed by atoms with Crippen molar-refractivity contribution in [3.8, 4) is 11.8 Å². The van der Waals surface area contributed by atoms with Gasteiger partial charge in [0.25, 0.3) is 0 Å². The van der Waals surface area contributed by atoms with Crippen molar-refractivity contribution in [2.45, 2.75) is 38.5 Å². The van der Waals surface area contributed by atoms with E-state index in [-0.39, 0.29) is 12.5 Å². The fraction of sp³-hybridized carbons (Fsp3) is 0.471. The number of hydrogen-bond donors (Lipinski definition) is 2. The summed E-state index contributed by atoms with van der Waals surface area (Å²) in [6.45, 7) is -0.154. The molecule has 0 heterocycles. The van der Waals surface area contributed by atoms with Crippen LogP contribution in [0, 0.1) is 17.8 Å². The molecule has 2 N–H and O–H groups in total. The maximum Gasteiger partial charge on any atom is 0.224 e. The number of carbonyl (C=O) groups is 1. The third-order valence-corrected chi connectivity index (χ3v) is 3.66. The summed E-state index contributed by atoms with van der Waals surface area (Å²) < 4.78 is 0. The van der Waals surface area contributed by atoms with Crippen LogP contribution in [0.4, 0.5) is 5.69 Å². The van der Waals surface area contributed by atoms with Crippen molar-refractivity contribution in [2.24, 2.45) is 5.92 Å². The summed E-state index contributed by atoms with van der Waals surface area (Å²) in [4.78, 5) is 12.0. The van der Waals surface area contributed by atoms with Crippen LogP contribution in [0.25, 0.3) is 0 Å². The van der Waals surface area contributed by atoms with Crippen molar-refractivity contribution < 1.29 is 9.90 Å². The number of anilines is 1. The van der Waals surface area contributed by atoms with Gasteiger partial charge in [-0.25, -0.2) is 0 Å². The third kappa shape index (κ3) is 4.71. The maximum absolute atomic E-state index is 12.0. The largest absolute Gasteiger partial charge is 0.384 e. The van der Waals surface area contributed by atoms with Gasteiger partial charge in [0.2, 0.25) is 5.91 Å². The molecule has 0 unspecified atom stereocenters. The molecule has 2 rings (SSSR count). The van der Waals surface area contributed by atoms with Gasteiger partial charge in [-0.05, 0) is 37.0 Å². The number of carbonyl (C=O) groups excluding carboxylic acids is 1. The Morgan fingerprint density at radius 2 is 2.10 bits per heavy atom. The summed E-state index contributed by atoms with van der Waals surface area (Å²) >= 11 is 0. The number of rotatable bonds is 3. The lowest BCUT2D eigenvalue weighted by Gasteiger charge is -2.20. The minimum Gasteiger partial charge on any atom is -0.384 e. The molecular formula is C17H21NO2. The average Bonchev–Trinajstić information content (AvgIpc) is 2.46. The molecule has 1 amide bonds. The summed E-state index contributed by atoms with van der Waals surface area (Å²) in [5.74, 6) is 6.07. The molecule has 0 aromatic heterocycles. The number of aliphatic hydroxyl groups is 1. The third-order valence-electron chi connectivity index (χ3n) is 3.66. The molecule has 1 aromatic carbocycles. The van der Waals surface area contributed by atoms with Crippen LogP contribution in [0.15, 0.2) is 24.3 Å². The molecule has 3 heteroatoms. The molecule has 0 radical (unpaired) electrons.